The predicted octanol–water partition coefficient (Wildman–Crippen LogP) is 1.47. The molecule has 0 aliphatic rings. The van der Waals surface area contributed by atoms with E-state index in [0.29, 0.717) is 12.1 Å². The molecule has 0 aromatic carbocycles. The molecule has 0 atom stereocenters. The summed E-state index contributed by atoms with van der Waals surface area (Å²) in [6.07, 6.45) is 2.35. The predicted molar refractivity (Wildman–Crippen MR) is 70.8 cm³/mol. The third-order valence-electron chi connectivity index (χ3n) is 2.81. The Hall–Kier alpha value is -1.69. The number of hydrogen-bond donors (Lipinski definition) is 1. The van der Waals surface area contributed by atoms with Gasteiger partial charge in [0.2, 0.25) is 0 Å². The summed E-state index contributed by atoms with van der Waals surface area (Å²) in [5.74, 6) is -0.0763. The minimum absolute atomic E-state index is 0.0763. The maximum absolute atomic E-state index is 11.9. The summed E-state index contributed by atoms with van der Waals surface area (Å²) in [4.78, 5) is 16.2. The third kappa shape index (κ3) is 2.76. The molecule has 2 aromatic heterocycles. The molecule has 0 fully saturated rings. The Bertz CT molecular complexity index is 558. The molecule has 0 bridgehead atoms. The first kappa shape index (κ1) is 12.8. The number of thiazole rings is 1. The van der Waals surface area contributed by atoms with Crippen molar-refractivity contribution in [2.75, 3.05) is 6.54 Å². The summed E-state index contributed by atoms with van der Waals surface area (Å²) in [5, 5.41) is 10.0. The maximum Gasteiger partial charge on any atom is 0.254 e. The van der Waals surface area contributed by atoms with Gasteiger partial charge in [0.1, 0.15) is 0 Å². The van der Waals surface area contributed by atoms with Crippen molar-refractivity contribution in [3.8, 4) is 0 Å². The van der Waals surface area contributed by atoms with Crippen LogP contribution in [-0.4, -0.2) is 27.2 Å². The number of amides is 1. The van der Waals surface area contributed by atoms with Crippen LogP contribution in [0.4, 0.5) is 0 Å². The van der Waals surface area contributed by atoms with Crippen molar-refractivity contribution >= 4 is 17.2 Å². The normalized spacial score (nSPS) is 10.6. The van der Waals surface area contributed by atoms with E-state index < -0.39 is 0 Å². The van der Waals surface area contributed by atoms with Gasteiger partial charge >= 0.3 is 0 Å². The van der Waals surface area contributed by atoms with E-state index in [0.717, 1.165) is 22.8 Å². The number of carbonyl (C=O) groups is 1. The lowest BCUT2D eigenvalue weighted by Crippen LogP contribution is -2.26. The molecular formula is C12H16N4OS. The highest BCUT2D eigenvalue weighted by Gasteiger charge is 2.12. The molecule has 1 N–H and O–H groups in total. The van der Waals surface area contributed by atoms with E-state index >= 15 is 0 Å². The minimum atomic E-state index is -0.0763. The van der Waals surface area contributed by atoms with Gasteiger partial charge in [-0.3, -0.25) is 9.48 Å². The van der Waals surface area contributed by atoms with Crippen molar-refractivity contribution in [3.05, 3.63) is 33.5 Å². The van der Waals surface area contributed by atoms with Crippen LogP contribution in [-0.2, 0) is 13.5 Å². The summed E-state index contributed by atoms with van der Waals surface area (Å²) >= 11 is 1.63. The highest BCUT2D eigenvalue weighted by Crippen LogP contribution is 2.08. The van der Waals surface area contributed by atoms with Crippen LogP contribution in [0.25, 0.3) is 0 Å². The second-order valence-corrected chi connectivity index (χ2v) is 5.19. The third-order valence-corrected chi connectivity index (χ3v) is 3.64. The fraction of sp³-hybridized carbons (Fsp3) is 0.417. The molecule has 0 radical (unpaired) electrons. The summed E-state index contributed by atoms with van der Waals surface area (Å²) < 4.78 is 1.69. The Morgan fingerprint density at radius 3 is 2.83 bits per heavy atom. The molecule has 96 valence electrons. The highest BCUT2D eigenvalue weighted by molar-refractivity contribution is 7.09. The van der Waals surface area contributed by atoms with Crippen molar-refractivity contribution < 1.29 is 4.79 Å². The molecule has 0 saturated heterocycles. The Kier molecular flexibility index (Phi) is 3.76. The molecule has 18 heavy (non-hydrogen) atoms. The zero-order valence-electron chi connectivity index (χ0n) is 10.7. The molecule has 0 unspecified atom stereocenters. The summed E-state index contributed by atoms with van der Waals surface area (Å²) in [7, 11) is 1.82. The topological polar surface area (TPSA) is 59.8 Å². The van der Waals surface area contributed by atoms with E-state index in [1.807, 2.05) is 26.3 Å². The number of nitrogens with zero attached hydrogens (tertiary/aromatic N) is 3. The molecule has 0 aliphatic heterocycles. The maximum atomic E-state index is 11.9. The van der Waals surface area contributed by atoms with Gasteiger partial charge in [0, 0.05) is 31.1 Å². The van der Waals surface area contributed by atoms with E-state index in [-0.39, 0.29) is 5.91 Å². The van der Waals surface area contributed by atoms with Crippen LogP contribution in [0.15, 0.2) is 11.6 Å². The molecule has 0 saturated carbocycles. The highest BCUT2D eigenvalue weighted by atomic mass is 32.1. The fourth-order valence-corrected chi connectivity index (χ4v) is 2.29. The molecule has 2 heterocycles. The van der Waals surface area contributed by atoms with Gasteiger partial charge in [0.25, 0.3) is 5.91 Å². The summed E-state index contributed by atoms with van der Waals surface area (Å²) in [6.45, 7) is 4.45. The van der Waals surface area contributed by atoms with Crippen molar-refractivity contribution in [1.82, 2.24) is 20.1 Å². The van der Waals surface area contributed by atoms with Crippen molar-refractivity contribution in [1.29, 1.82) is 0 Å². The number of rotatable bonds is 4. The first-order valence-corrected chi connectivity index (χ1v) is 6.63. The number of aryl methyl sites for hydroxylation is 2. The van der Waals surface area contributed by atoms with Gasteiger partial charge in [-0.1, -0.05) is 0 Å². The average Bonchev–Trinajstić information content (AvgIpc) is 2.87. The number of hydrogen-bond acceptors (Lipinski definition) is 4. The molecule has 2 aromatic rings. The second-order valence-electron chi connectivity index (χ2n) is 4.13. The number of nitrogens with one attached hydrogen (secondary N) is 1. The van der Waals surface area contributed by atoms with Crippen LogP contribution in [0, 0.1) is 13.8 Å². The SMILES string of the molecule is Cc1nc(CCNC(=O)c2cnn(C)c2C)cs1. The van der Waals surface area contributed by atoms with Crippen LogP contribution in [0.1, 0.15) is 26.8 Å². The van der Waals surface area contributed by atoms with Gasteiger partial charge in [-0.05, 0) is 13.8 Å². The molecule has 6 heteroatoms. The first-order chi connectivity index (χ1) is 8.58. The van der Waals surface area contributed by atoms with Gasteiger partial charge in [0.15, 0.2) is 0 Å². The quantitative estimate of drug-likeness (QED) is 0.909. The van der Waals surface area contributed by atoms with Crippen molar-refractivity contribution in [2.45, 2.75) is 20.3 Å². The van der Waals surface area contributed by atoms with Gasteiger partial charge in [-0.15, -0.1) is 11.3 Å². The molecule has 5 nitrogen and oxygen atoms in total. The zero-order valence-corrected chi connectivity index (χ0v) is 11.5. The minimum Gasteiger partial charge on any atom is -0.352 e. The smallest absolute Gasteiger partial charge is 0.254 e. The van der Waals surface area contributed by atoms with Crippen molar-refractivity contribution in [2.24, 2.45) is 7.05 Å². The van der Waals surface area contributed by atoms with Gasteiger partial charge in [0.05, 0.1) is 22.5 Å². The monoisotopic (exact) mass is 264 g/mol. The number of carbonyl (C=O) groups excluding carboxylic acids is 1. The van der Waals surface area contributed by atoms with Crippen LogP contribution in [0.5, 0.6) is 0 Å². The standard InChI is InChI=1S/C12H16N4OS/c1-8-11(6-14-16(8)3)12(17)13-5-4-10-7-18-9(2)15-10/h6-7H,4-5H2,1-3H3,(H,13,17). The molecule has 0 aliphatic carbocycles. The van der Waals surface area contributed by atoms with E-state index in [1.54, 1.807) is 22.2 Å². The van der Waals surface area contributed by atoms with E-state index in [9.17, 15) is 4.79 Å². The van der Waals surface area contributed by atoms with Gasteiger partial charge in [-0.2, -0.15) is 5.10 Å². The Morgan fingerprint density at radius 2 is 2.28 bits per heavy atom. The zero-order chi connectivity index (χ0) is 13.1. The first-order valence-electron chi connectivity index (χ1n) is 5.75. The lowest BCUT2D eigenvalue weighted by atomic mass is 10.2. The van der Waals surface area contributed by atoms with Crippen LogP contribution >= 0.6 is 11.3 Å². The lowest BCUT2D eigenvalue weighted by Gasteiger charge is -2.03. The number of aromatic nitrogens is 3. The summed E-state index contributed by atoms with van der Waals surface area (Å²) in [5.41, 5.74) is 2.53. The lowest BCUT2D eigenvalue weighted by molar-refractivity contribution is 0.0953. The van der Waals surface area contributed by atoms with Crippen molar-refractivity contribution in [3.63, 3.8) is 0 Å². The molecule has 2 rings (SSSR count). The second kappa shape index (κ2) is 5.30. The Labute approximate surface area is 110 Å². The average molecular weight is 264 g/mol. The van der Waals surface area contributed by atoms with Crippen LogP contribution in [0.2, 0.25) is 0 Å². The van der Waals surface area contributed by atoms with Gasteiger partial charge < -0.3 is 5.32 Å². The largest absolute Gasteiger partial charge is 0.352 e. The van der Waals surface area contributed by atoms with E-state index in [4.69, 9.17) is 0 Å². The fourth-order valence-electron chi connectivity index (χ4n) is 1.64. The Balaban J connectivity index is 1.87. The molecule has 0 spiro atoms. The molecule has 1 amide bonds. The van der Waals surface area contributed by atoms with Crippen LogP contribution in [0.3, 0.4) is 0 Å². The Morgan fingerprint density at radius 1 is 1.50 bits per heavy atom. The molecular weight excluding hydrogens is 248 g/mol. The van der Waals surface area contributed by atoms with E-state index in [1.165, 1.54) is 0 Å². The van der Waals surface area contributed by atoms with Gasteiger partial charge in [-0.25, -0.2) is 4.98 Å². The summed E-state index contributed by atoms with van der Waals surface area (Å²) in [6, 6.07) is 0. The van der Waals surface area contributed by atoms with Crippen LogP contribution < -0.4 is 5.32 Å². The van der Waals surface area contributed by atoms with E-state index in [2.05, 4.69) is 15.4 Å².